The smallest absolute Gasteiger partial charge is 0.339 e. The number of amides is 2. The summed E-state index contributed by atoms with van der Waals surface area (Å²) in [6, 6.07) is 6.97. The van der Waals surface area contributed by atoms with Crippen LogP contribution in [0, 0.1) is 5.92 Å². The van der Waals surface area contributed by atoms with Gasteiger partial charge in [-0.25, -0.2) is 4.98 Å². The van der Waals surface area contributed by atoms with Gasteiger partial charge in [-0.3, -0.25) is 14.3 Å². The number of nitrogens with one attached hydrogen (secondary N) is 2. The zero-order valence-electron chi connectivity index (χ0n) is 21.0. The Morgan fingerprint density at radius 2 is 1.73 bits per heavy atom. The van der Waals surface area contributed by atoms with Crippen molar-refractivity contribution in [3.8, 4) is 11.3 Å². The van der Waals surface area contributed by atoms with Crippen LogP contribution in [-0.2, 0) is 18.0 Å². The normalized spacial score (nSPS) is 15.5. The molecule has 0 aliphatic heterocycles. The predicted molar refractivity (Wildman–Crippen MR) is 133 cm³/mol. The summed E-state index contributed by atoms with van der Waals surface area (Å²) < 4.78 is 43.0. The summed E-state index contributed by atoms with van der Waals surface area (Å²) >= 11 is 0. The zero-order chi connectivity index (χ0) is 26.7. The topological polar surface area (TPSA) is 93.8 Å². The molecule has 11 heteroatoms. The molecule has 3 aromatic rings. The second-order valence-corrected chi connectivity index (χ2v) is 9.72. The number of hydrogen-bond donors (Lipinski definition) is 2. The number of aromatic nitrogens is 4. The molecule has 1 aromatic carbocycles. The Kier molecular flexibility index (Phi) is 7.70. The van der Waals surface area contributed by atoms with Gasteiger partial charge in [0, 0.05) is 30.5 Å². The van der Waals surface area contributed by atoms with Crippen molar-refractivity contribution in [3.05, 3.63) is 54.2 Å². The average molecular weight is 517 g/mol. The quantitative estimate of drug-likeness (QED) is 0.451. The highest BCUT2D eigenvalue weighted by Gasteiger charge is 2.37. The summed E-state index contributed by atoms with van der Waals surface area (Å²) in [6.45, 7) is 3.84. The van der Waals surface area contributed by atoms with Crippen LogP contribution in [0.1, 0.15) is 68.2 Å². The fourth-order valence-corrected chi connectivity index (χ4v) is 4.90. The Balaban J connectivity index is 1.53. The van der Waals surface area contributed by atoms with Crippen molar-refractivity contribution in [2.24, 2.45) is 13.0 Å². The minimum atomic E-state index is -4.58. The number of halogens is 3. The molecule has 0 radical (unpaired) electrons. The predicted octanol–water partition coefficient (Wildman–Crippen LogP) is 5.20. The van der Waals surface area contributed by atoms with Gasteiger partial charge < -0.3 is 15.2 Å². The van der Waals surface area contributed by atoms with Gasteiger partial charge in [0.1, 0.15) is 11.7 Å². The van der Waals surface area contributed by atoms with Crippen LogP contribution in [0.25, 0.3) is 11.3 Å². The molecule has 1 fully saturated rings. The van der Waals surface area contributed by atoms with Crippen molar-refractivity contribution in [2.45, 2.75) is 64.2 Å². The molecule has 1 saturated carbocycles. The maximum atomic E-state index is 13.4. The van der Waals surface area contributed by atoms with E-state index in [9.17, 15) is 22.8 Å². The number of benzene rings is 1. The number of imidazole rings is 1. The number of aryl methyl sites for hydroxylation is 1. The molecule has 0 saturated heterocycles. The molecule has 2 aromatic heterocycles. The van der Waals surface area contributed by atoms with Gasteiger partial charge in [-0.05, 0) is 50.8 Å². The Morgan fingerprint density at radius 3 is 2.35 bits per heavy atom. The average Bonchev–Trinajstić information content (AvgIpc) is 3.51. The number of anilines is 1. The fraction of sp³-hybridized carbons (Fsp3) is 0.462. The molecule has 198 valence electrons. The molecule has 2 amide bonds. The van der Waals surface area contributed by atoms with Gasteiger partial charge in [0.05, 0.1) is 12.0 Å². The van der Waals surface area contributed by atoms with Crippen LogP contribution >= 0.6 is 0 Å². The third-order valence-electron chi connectivity index (χ3n) is 6.71. The Bertz CT molecular complexity index is 1240. The lowest BCUT2D eigenvalue weighted by Gasteiger charge is -2.30. The molecule has 0 bridgehead atoms. The molecule has 0 unspecified atom stereocenters. The summed E-state index contributed by atoms with van der Waals surface area (Å²) in [5.74, 6) is -0.750. The fourth-order valence-electron chi connectivity index (χ4n) is 4.90. The summed E-state index contributed by atoms with van der Waals surface area (Å²) in [5, 5.41) is 9.96. The van der Waals surface area contributed by atoms with Gasteiger partial charge in [0.2, 0.25) is 5.91 Å². The maximum absolute atomic E-state index is 13.4. The summed E-state index contributed by atoms with van der Waals surface area (Å²) in [7, 11) is 1.50. The number of carbonyl (C=O) groups excluding carboxylic acids is 2. The number of alkyl halides is 3. The lowest BCUT2D eigenvalue weighted by molar-refractivity contribution is -0.140. The zero-order valence-corrected chi connectivity index (χ0v) is 21.0. The monoisotopic (exact) mass is 516 g/mol. The number of carbonyl (C=O) groups is 2. The van der Waals surface area contributed by atoms with E-state index in [2.05, 4.69) is 20.7 Å². The molecule has 0 spiro atoms. The van der Waals surface area contributed by atoms with Crippen LogP contribution in [0.2, 0.25) is 0 Å². The highest BCUT2D eigenvalue weighted by molar-refractivity contribution is 6.00. The van der Waals surface area contributed by atoms with Crippen molar-refractivity contribution >= 4 is 17.5 Å². The molecule has 37 heavy (non-hydrogen) atoms. The third-order valence-corrected chi connectivity index (χ3v) is 6.71. The first-order valence-corrected chi connectivity index (χ1v) is 12.4. The van der Waals surface area contributed by atoms with E-state index in [1.807, 2.05) is 13.8 Å². The molecule has 2 N–H and O–H groups in total. The van der Waals surface area contributed by atoms with Crippen molar-refractivity contribution in [3.63, 3.8) is 0 Å². The van der Waals surface area contributed by atoms with Crippen LogP contribution < -0.4 is 10.6 Å². The van der Waals surface area contributed by atoms with Crippen LogP contribution in [0.4, 0.5) is 18.9 Å². The van der Waals surface area contributed by atoms with Crippen LogP contribution in [0.15, 0.2) is 42.9 Å². The first kappa shape index (κ1) is 26.4. The number of hydrogen-bond acceptors (Lipinski definition) is 4. The minimum Gasteiger partial charge on any atom is -0.339 e. The number of nitrogens with zero attached hydrogens (tertiary/aromatic N) is 4. The van der Waals surface area contributed by atoms with Gasteiger partial charge in [0.15, 0.2) is 5.69 Å². The lowest BCUT2D eigenvalue weighted by Crippen LogP contribution is -2.49. The van der Waals surface area contributed by atoms with Crippen molar-refractivity contribution in [1.82, 2.24) is 24.6 Å². The molecule has 1 aliphatic rings. The van der Waals surface area contributed by atoms with Gasteiger partial charge in [-0.15, -0.1) is 0 Å². The first-order valence-electron chi connectivity index (χ1n) is 12.4. The molecule has 4 rings (SSSR count). The molecule has 8 nitrogen and oxygen atoms in total. The molecular formula is C26H31F3N6O2. The van der Waals surface area contributed by atoms with E-state index < -0.39 is 17.9 Å². The standard InChI is InChI=1S/C26H31F3N6O2/c1-16(2)35-20(13-14-31-35)24(36)33-21(17-7-5-4-6-8-17)25(37)32-19-11-9-18(10-12-19)22-23(26(27,28)29)30-15-34(22)3/h9-17,21H,4-8H2,1-3H3,(H,32,37)(H,33,36)/t21-/m0/s1. The molecule has 2 heterocycles. The van der Waals surface area contributed by atoms with E-state index in [1.54, 1.807) is 29.1 Å². The Hall–Kier alpha value is -3.63. The van der Waals surface area contributed by atoms with Crippen molar-refractivity contribution in [2.75, 3.05) is 5.32 Å². The van der Waals surface area contributed by atoms with Gasteiger partial charge in [-0.2, -0.15) is 18.3 Å². The lowest BCUT2D eigenvalue weighted by atomic mass is 9.83. The van der Waals surface area contributed by atoms with Gasteiger partial charge in [-0.1, -0.05) is 31.4 Å². The molecule has 1 aliphatic carbocycles. The van der Waals surface area contributed by atoms with E-state index in [-0.39, 0.29) is 29.5 Å². The minimum absolute atomic E-state index is 0.0174. The van der Waals surface area contributed by atoms with E-state index in [0.717, 1.165) is 38.4 Å². The highest BCUT2D eigenvalue weighted by Crippen LogP contribution is 2.36. The SMILES string of the molecule is CC(C)n1nccc1C(=O)N[C@H](C(=O)Nc1ccc(-c2c(C(F)(F)F)ncn2C)cc1)C1CCCCC1. The van der Waals surface area contributed by atoms with E-state index in [0.29, 0.717) is 16.9 Å². The van der Waals surface area contributed by atoms with Gasteiger partial charge >= 0.3 is 6.18 Å². The van der Waals surface area contributed by atoms with Crippen LogP contribution in [0.3, 0.4) is 0 Å². The maximum Gasteiger partial charge on any atom is 0.435 e. The van der Waals surface area contributed by atoms with E-state index >= 15 is 0 Å². The summed E-state index contributed by atoms with van der Waals surface area (Å²) in [5.41, 5.74) is 0.104. The largest absolute Gasteiger partial charge is 0.435 e. The first-order chi connectivity index (χ1) is 17.6. The Morgan fingerprint density at radius 1 is 1.05 bits per heavy atom. The van der Waals surface area contributed by atoms with Crippen molar-refractivity contribution in [1.29, 1.82) is 0 Å². The Labute approximate surface area is 213 Å². The van der Waals surface area contributed by atoms with Gasteiger partial charge in [0.25, 0.3) is 5.91 Å². The van der Waals surface area contributed by atoms with Crippen LogP contribution in [-0.4, -0.2) is 37.2 Å². The highest BCUT2D eigenvalue weighted by atomic mass is 19.4. The van der Waals surface area contributed by atoms with E-state index in [4.69, 9.17) is 0 Å². The third kappa shape index (κ3) is 5.86. The van der Waals surface area contributed by atoms with E-state index in [1.165, 1.54) is 23.7 Å². The molecular weight excluding hydrogens is 485 g/mol. The number of rotatable bonds is 7. The van der Waals surface area contributed by atoms with Crippen LogP contribution in [0.5, 0.6) is 0 Å². The second-order valence-electron chi connectivity index (χ2n) is 9.72. The second kappa shape index (κ2) is 10.8. The summed E-state index contributed by atoms with van der Waals surface area (Å²) in [4.78, 5) is 30.0. The molecule has 1 atom stereocenters. The summed E-state index contributed by atoms with van der Waals surface area (Å²) in [6.07, 6.45) is 2.79. The van der Waals surface area contributed by atoms with Crippen molar-refractivity contribution < 1.29 is 22.8 Å².